The van der Waals surface area contributed by atoms with Crippen molar-refractivity contribution in [1.29, 1.82) is 0 Å². The van der Waals surface area contributed by atoms with E-state index in [1.807, 2.05) is 19.2 Å². The zero-order chi connectivity index (χ0) is 38.5. The molecule has 0 spiro atoms. The molecule has 4 aromatic rings. The van der Waals surface area contributed by atoms with E-state index in [9.17, 15) is 8.42 Å². The molecule has 0 bridgehead atoms. The molecule has 2 N–H and O–H groups in total. The van der Waals surface area contributed by atoms with Crippen molar-refractivity contribution in [2.75, 3.05) is 18.6 Å². The monoisotopic (exact) mass is 861 g/mol. The molecule has 4 aromatic carbocycles. The first-order valence-electron chi connectivity index (χ1n) is 20.1. The van der Waals surface area contributed by atoms with Crippen LogP contribution in [0.25, 0.3) is 22.3 Å². The van der Waals surface area contributed by atoms with Crippen molar-refractivity contribution in [2.24, 2.45) is 0 Å². The quantitative estimate of drug-likeness (QED) is 0.0999. The Balaban J connectivity index is 0.000000323. The third-order valence-electron chi connectivity index (χ3n) is 10.8. The van der Waals surface area contributed by atoms with E-state index in [-0.39, 0.29) is 28.3 Å². The summed E-state index contributed by atoms with van der Waals surface area (Å²) < 4.78 is 25.9. The fraction of sp³-hybridized carbons (Fsp3) is 0.489. The number of hydrogen-bond donors (Lipinski definition) is 2. The molecule has 2 fully saturated rings. The largest absolute Gasteiger partial charge is 0.388 e. The molecule has 0 unspecified atom stereocenters. The first-order chi connectivity index (χ1) is 25.3. The fourth-order valence-electron chi connectivity index (χ4n) is 8.16. The standard InChI is InChI=1S/C33H49P.C13H13N.CH4O3S.Pd/c1-23(2)26-21-30(24(3)4)33(31(22-26)25(5)6)29-19-13-14-20-32(29)34(27-15-9-7-10-16-27)28-17-11-8-12-18-28;1-14-13-10-6-5-9-12(13)11-7-3-2-4-8-11;1-5(2,3)4;/h13-14,19-25,27-28H,7-12,15-18H2,1-6H3;2-10,14H,1H3;1H3,(H,2,3,4);. The molecule has 54 heavy (non-hydrogen) atoms. The van der Waals surface area contributed by atoms with E-state index < -0.39 is 10.1 Å². The molecule has 298 valence electrons. The molecule has 4 nitrogen and oxygen atoms in total. The summed E-state index contributed by atoms with van der Waals surface area (Å²) in [5.41, 5.74) is 13.4. The summed E-state index contributed by atoms with van der Waals surface area (Å²) in [4.78, 5) is 0. The van der Waals surface area contributed by atoms with Gasteiger partial charge in [-0.1, -0.05) is 173 Å². The van der Waals surface area contributed by atoms with Gasteiger partial charge in [-0.05, 0) is 99.5 Å². The van der Waals surface area contributed by atoms with Gasteiger partial charge in [0.25, 0.3) is 10.1 Å². The van der Waals surface area contributed by atoms with Gasteiger partial charge >= 0.3 is 0 Å². The van der Waals surface area contributed by atoms with Crippen molar-refractivity contribution in [1.82, 2.24) is 0 Å². The number of anilines is 1. The summed E-state index contributed by atoms with van der Waals surface area (Å²) >= 11 is 0. The summed E-state index contributed by atoms with van der Waals surface area (Å²) in [6.07, 6.45) is 15.3. The van der Waals surface area contributed by atoms with Crippen LogP contribution in [0.5, 0.6) is 0 Å². The Morgan fingerprint density at radius 2 is 1.06 bits per heavy atom. The topological polar surface area (TPSA) is 66.4 Å². The third kappa shape index (κ3) is 13.4. The molecule has 0 saturated heterocycles. The summed E-state index contributed by atoms with van der Waals surface area (Å²) in [7, 11) is -1.84. The average molecular weight is 863 g/mol. The number of benzene rings is 4. The summed E-state index contributed by atoms with van der Waals surface area (Å²) in [6, 6.07) is 33.5. The third-order valence-corrected chi connectivity index (χ3v) is 14.4. The van der Waals surface area contributed by atoms with Gasteiger partial charge in [0.15, 0.2) is 0 Å². The summed E-state index contributed by atoms with van der Waals surface area (Å²) in [5, 5.41) is 4.94. The second kappa shape index (κ2) is 22.4. The van der Waals surface area contributed by atoms with Crippen molar-refractivity contribution in [3.63, 3.8) is 0 Å². The van der Waals surface area contributed by atoms with E-state index in [1.54, 1.807) is 27.6 Å². The Kier molecular flexibility index (Phi) is 19.1. The molecule has 0 amide bonds. The molecule has 7 heteroatoms. The van der Waals surface area contributed by atoms with Crippen LogP contribution in [0.1, 0.15) is 140 Å². The van der Waals surface area contributed by atoms with Crippen molar-refractivity contribution >= 4 is 29.0 Å². The van der Waals surface area contributed by atoms with Crippen LogP contribution in [-0.2, 0) is 30.5 Å². The van der Waals surface area contributed by atoms with Crippen LogP contribution in [-0.4, -0.2) is 37.6 Å². The minimum Gasteiger partial charge on any atom is -0.388 e. The molecule has 2 aliphatic rings. The first kappa shape index (κ1) is 46.1. The second-order valence-electron chi connectivity index (χ2n) is 15.9. The predicted octanol–water partition coefficient (Wildman–Crippen LogP) is 13.4. The number of para-hydroxylation sites is 1. The van der Waals surface area contributed by atoms with E-state index >= 15 is 0 Å². The van der Waals surface area contributed by atoms with Crippen molar-refractivity contribution < 1.29 is 33.4 Å². The summed E-state index contributed by atoms with van der Waals surface area (Å²) in [6.45, 7) is 14.3. The van der Waals surface area contributed by atoms with Gasteiger partial charge in [0.1, 0.15) is 0 Å². The number of hydrogen-bond acceptors (Lipinski definition) is 3. The van der Waals surface area contributed by atoms with Crippen LogP contribution in [0.3, 0.4) is 0 Å². The van der Waals surface area contributed by atoms with Crippen LogP contribution >= 0.6 is 7.92 Å². The van der Waals surface area contributed by atoms with Gasteiger partial charge < -0.3 is 5.32 Å². The normalized spacial score (nSPS) is 15.3. The SMILES string of the molecule is CC(C)c1cc(C(C)C)c(-c2ccccc2P(C2CCCCC2)C2CCCCC2)c(C(C)C)c1.CNc1ccccc1-c1ccccc1.CS(=O)(=O)O.[Pd]. The van der Waals surface area contributed by atoms with Crippen LogP contribution in [0, 0.1) is 0 Å². The van der Waals surface area contributed by atoms with E-state index in [0.29, 0.717) is 24.0 Å². The molecule has 2 saturated carbocycles. The first-order valence-corrected chi connectivity index (χ1v) is 23.4. The van der Waals surface area contributed by atoms with Crippen LogP contribution in [0.4, 0.5) is 5.69 Å². The maximum Gasteiger partial charge on any atom is 0.261 e. The van der Waals surface area contributed by atoms with Crippen LogP contribution in [0.2, 0.25) is 0 Å². The minimum atomic E-state index is -3.67. The van der Waals surface area contributed by atoms with Gasteiger partial charge in [-0.25, -0.2) is 0 Å². The van der Waals surface area contributed by atoms with E-state index in [0.717, 1.165) is 11.3 Å². The summed E-state index contributed by atoms with van der Waals surface area (Å²) in [5.74, 6) is 1.64. The molecule has 0 radical (unpaired) electrons. The Morgan fingerprint density at radius 1 is 0.630 bits per heavy atom. The van der Waals surface area contributed by atoms with E-state index in [4.69, 9.17) is 4.55 Å². The average Bonchev–Trinajstić information content (AvgIpc) is 3.15. The molecular weight excluding hydrogens is 796 g/mol. The van der Waals surface area contributed by atoms with Crippen molar-refractivity contribution in [2.45, 2.75) is 135 Å². The van der Waals surface area contributed by atoms with Gasteiger partial charge in [0, 0.05) is 38.7 Å². The van der Waals surface area contributed by atoms with E-state index in [1.165, 1.54) is 86.6 Å². The molecular formula is C47H66NO3PPdS. The van der Waals surface area contributed by atoms with Gasteiger partial charge in [-0.3, -0.25) is 4.55 Å². The van der Waals surface area contributed by atoms with Gasteiger partial charge in [-0.15, -0.1) is 0 Å². The molecule has 0 aliphatic heterocycles. The zero-order valence-corrected chi connectivity index (χ0v) is 37.3. The van der Waals surface area contributed by atoms with Crippen molar-refractivity contribution in [3.8, 4) is 22.3 Å². The Hall–Kier alpha value is -2.32. The number of rotatable bonds is 9. The maximum atomic E-state index is 9.19. The van der Waals surface area contributed by atoms with Gasteiger partial charge in [-0.2, -0.15) is 8.42 Å². The molecule has 2 aliphatic carbocycles. The predicted molar refractivity (Wildman–Crippen MR) is 233 cm³/mol. The molecule has 6 rings (SSSR count). The molecule has 0 heterocycles. The number of nitrogens with one attached hydrogen (secondary N) is 1. The van der Waals surface area contributed by atoms with Gasteiger partial charge in [0.05, 0.1) is 6.26 Å². The molecule has 0 atom stereocenters. The minimum absolute atomic E-state index is 0. The van der Waals surface area contributed by atoms with Crippen molar-refractivity contribution in [3.05, 3.63) is 108 Å². The Morgan fingerprint density at radius 3 is 1.50 bits per heavy atom. The van der Waals surface area contributed by atoms with Crippen LogP contribution in [0.15, 0.2) is 91.0 Å². The molecule has 0 aromatic heterocycles. The van der Waals surface area contributed by atoms with E-state index in [2.05, 4.69) is 126 Å². The smallest absolute Gasteiger partial charge is 0.261 e. The Labute approximate surface area is 343 Å². The van der Waals surface area contributed by atoms with Crippen LogP contribution < -0.4 is 10.6 Å². The second-order valence-corrected chi connectivity index (χ2v) is 20.2. The Bertz CT molecular complexity index is 1760. The van der Waals surface area contributed by atoms with Gasteiger partial charge in [0.2, 0.25) is 0 Å². The maximum absolute atomic E-state index is 9.19. The zero-order valence-electron chi connectivity index (χ0n) is 34.1. The fourth-order valence-corrected chi connectivity index (χ4v) is 12.1.